The minimum absolute atomic E-state index is 0.0317. The number of carboxylic acid groups (broad SMARTS) is 1. The van der Waals surface area contributed by atoms with Crippen LogP contribution >= 0.6 is 0 Å². The summed E-state index contributed by atoms with van der Waals surface area (Å²) < 4.78 is 46.8. The third-order valence-corrected chi connectivity index (χ3v) is 4.71. The summed E-state index contributed by atoms with van der Waals surface area (Å²) in [6.45, 7) is 3.05. The molecule has 184 valence electrons. The van der Waals surface area contributed by atoms with Gasteiger partial charge in [0.1, 0.15) is 5.56 Å². The normalized spacial score (nSPS) is 12.0. The van der Waals surface area contributed by atoms with E-state index in [1.165, 1.54) is 62.5 Å². The number of carbonyl (C=O) groups excluding carboxylic acids is 1. The molecule has 35 heavy (non-hydrogen) atoms. The van der Waals surface area contributed by atoms with Gasteiger partial charge in [-0.05, 0) is 55.8 Å². The second-order valence-corrected chi connectivity index (χ2v) is 7.66. The summed E-state index contributed by atoms with van der Waals surface area (Å²) in [5.41, 5.74) is 5.09. The number of hydrazine groups is 1. The number of benzene rings is 2. The number of aromatic carboxylic acids is 1. The van der Waals surface area contributed by atoms with Crippen molar-refractivity contribution >= 4 is 23.3 Å². The Morgan fingerprint density at radius 1 is 1.14 bits per heavy atom. The van der Waals surface area contributed by atoms with Crippen molar-refractivity contribution in [1.29, 1.82) is 0 Å². The molecule has 2 aromatic carbocycles. The van der Waals surface area contributed by atoms with Gasteiger partial charge in [0.05, 0.1) is 34.9 Å². The van der Waals surface area contributed by atoms with Crippen LogP contribution in [0.1, 0.15) is 45.8 Å². The molecule has 0 amide bonds. The fourth-order valence-electron chi connectivity index (χ4n) is 3.14. The van der Waals surface area contributed by atoms with Crippen molar-refractivity contribution in [2.75, 3.05) is 5.01 Å². The van der Waals surface area contributed by atoms with Crippen LogP contribution in [0, 0.1) is 0 Å². The van der Waals surface area contributed by atoms with Crippen LogP contribution in [0.3, 0.4) is 0 Å². The first-order valence-corrected chi connectivity index (χ1v) is 10.2. The standard InChI is InChI=1S/C23H22F3N5O4/c1-13(2)35-22(34)18-11-29-31(20(18)23(24,25)26)17-8-6-16(7-9-17)30(28)12-19(27)14-4-3-5-15(10-14)21(32)33/h3-13H,27-28H2,1-2H3,(H,32,33)/b19-12-. The number of aromatic nitrogens is 2. The molecule has 3 rings (SSSR count). The van der Waals surface area contributed by atoms with Gasteiger partial charge >= 0.3 is 18.1 Å². The highest BCUT2D eigenvalue weighted by molar-refractivity contribution is 5.91. The van der Waals surface area contributed by atoms with E-state index in [4.69, 9.17) is 21.4 Å². The predicted molar refractivity (Wildman–Crippen MR) is 121 cm³/mol. The number of nitrogens with zero attached hydrogens (tertiary/aromatic N) is 3. The van der Waals surface area contributed by atoms with Crippen LogP contribution in [0.4, 0.5) is 18.9 Å². The summed E-state index contributed by atoms with van der Waals surface area (Å²) in [5.74, 6) is 3.76. The largest absolute Gasteiger partial charge is 0.478 e. The SMILES string of the molecule is CC(C)OC(=O)c1cnn(-c2ccc(N(N)/C=C(\N)c3cccc(C(=O)O)c3)cc2)c1C(F)(F)F. The van der Waals surface area contributed by atoms with Gasteiger partial charge in [-0.1, -0.05) is 12.1 Å². The maximum atomic E-state index is 13.8. The van der Waals surface area contributed by atoms with E-state index in [-0.39, 0.29) is 16.9 Å². The molecule has 0 unspecified atom stereocenters. The lowest BCUT2D eigenvalue weighted by Gasteiger charge is -2.17. The van der Waals surface area contributed by atoms with Crippen molar-refractivity contribution in [3.05, 3.63) is 83.3 Å². The Hall–Kier alpha value is -4.32. The van der Waals surface area contributed by atoms with Crippen LogP contribution in [0.5, 0.6) is 0 Å². The first-order valence-electron chi connectivity index (χ1n) is 10.2. The fraction of sp³-hybridized carbons (Fsp3) is 0.174. The quantitative estimate of drug-likeness (QED) is 0.259. The number of halogens is 3. The summed E-state index contributed by atoms with van der Waals surface area (Å²) in [4.78, 5) is 23.3. The van der Waals surface area contributed by atoms with E-state index in [0.717, 1.165) is 11.2 Å². The molecule has 0 aliphatic carbocycles. The Labute approximate surface area is 198 Å². The number of alkyl halides is 3. The minimum atomic E-state index is -4.87. The zero-order chi connectivity index (χ0) is 25.9. The van der Waals surface area contributed by atoms with Gasteiger partial charge in [-0.2, -0.15) is 18.3 Å². The maximum absolute atomic E-state index is 13.8. The van der Waals surface area contributed by atoms with Crippen molar-refractivity contribution in [2.45, 2.75) is 26.1 Å². The average Bonchev–Trinajstić information content (AvgIpc) is 3.25. The first kappa shape index (κ1) is 25.3. The number of nitrogens with two attached hydrogens (primary N) is 2. The summed E-state index contributed by atoms with van der Waals surface area (Å²) in [5, 5.41) is 14.0. The van der Waals surface area contributed by atoms with E-state index in [1.807, 2.05) is 0 Å². The monoisotopic (exact) mass is 489 g/mol. The summed E-state index contributed by atoms with van der Waals surface area (Å²) >= 11 is 0. The zero-order valence-electron chi connectivity index (χ0n) is 18.7. The molecule has 1 heterocycles. The smallest absolute Gasteiger partial charge is 0.434 e. The molecule has 0 fully saturated rings. The average molecular weight is 489 g/mol. The third-order valence-electron chi connectivity index (χ3n) is 4.71. The molecule has 0 aliphatic rings. The van der Waals surface area contributed by atoms with Crippen LogP contribution in [0.25, 0.3) is 11.4 Å². The highest BCUT2D eigenvalue weighted by Crippen LogP contribution is 2.34. The summed E-state index contributed by atoms with van der Waals surface area (Å²) in [6, 6.07) is 11.5. The van der Waals surface area contributed by atoms with Crippen molar-refractivity contribution in [3.8, 4) is 5.69 Å². The van der Waals surface area contributed by atoms with E-state index < -0.39 is 35.5 Å². The molecule has 1 aromatic heterocycles. The molecular weight excluding hydrogens is 467 g/mol. The number of rotatable bonds is 7. The molecule has 0 saturated heterocycles. The number of anilines is 1. The van der Waals surface area contributed by atoms with Gasteiger partial charge in [0.2, 0.25) is 0 Å². The summed E-state index contributed by atoms with van der Waals surface area (Å²) in [7, 11) is 0. The van der Waals surface area contributed by atoms with Crippen molar-refractivity contribution < 1.29 is 32.6 Å². The molecule has 3 aromatic rings. The molecule has 0 saturated carbocycles. The molecular formula is C23H22F3N5O4. The Bertz CT molecular complexity index is 1270. The highest BCUT2D eigenvalue weighted by atomic mass is 19.4. The Balaban J connectivity index is 1.89. The number of hydrogen-bond donors (Lipinski definition) is 3. The zero-order valence-corrected chi connectivity index (χ0v) is 18.7. The van der Waals surface area contributed by atoms with Gasteiger partial charge in [0, 0.05) is 6.20 Å². The Kier molecular flexibility index (Phi) is 7.15. The number of carbonyl (C=O) groups is 2. The lowest BCUT2D eigenvalue weighted by atomic mass is 10.1. The maximum Gasteiger partial charge on any atom is 0.434 e. The molecule has 0 radical (unpaired) electrons. The Morgan fingerprint density at radius 3 is 2.34 bits per heavy atom. The molecule has 5 N–H and O–H groups in total. The lowest BCUT2D eigenvalue weighted by Crippen LogP contribution is -2.25. The first-order chi connectivity index (χ1) is 16.4. The topological polar surface area (TPSA) is 137 Å². The van der Waals surface area contributed by atoms with E-state index in [2.05, 4.69) is 5.10 Å². The molecule has 12 heteroatoms. The van der Waals surface area contributed by atoms with E-state index in [1.54, 1.807) is 6.07 Å². The van der Waals surface area contributed by atoms with E-state index >= 15 is 0 Å². The molecule has 0 aliphatic heterocycles. The molecule has 0 spiro atoms. The second-order valence-electron chi connectivity index (χ2n) is 7.66. The van der Waals surface area contributed by atoms with Crippen LogP contribution in [0.2, 0.25) is 0 Å². The second kappa shape index (κ2) is 9.89. The third kappa shape index (κ3) is 5.79. The van der Waals surface area contributed by atoms with Crippen molar-refractivity contribution in [2.24, 2.45) is 11.6 Å². The van der Waals surface area contributed by atoms with Gasteiger partial charge < -0.3 is 15.6 Å². The minimum Gasteiger partial charge on any atom is -0.478 e. The highest BCUT2D eigenvalue weighted by Gasteiger charge is 2.41. The fourth-order valence-corrected chi connectivity index (χ4v) is 3.14. The lowest BCUT2D eigenvalue weighted by molar-refractivity contribution is -0.143. The van der Waals surface area contributed by atoms with Crippen LogP contribution < -0.4 is 16.6 Å². The van der Waals surface area contributed by atoms with Crippen molar-refractivity contribution in [1.82, 2.24) is 9.78 Å². The molecule has 0 atom stereocenters. The van der Waals surface area contributed by atoms with Crippen LogP contribution in [0.15, 0.2) is 60.9 Å². The Morgan fingerprint density at radius 2 is 1.77 bits per heavy atom. The number of ether oxygens (including phenoxy) is 1. The number of carboxylic acids is 1. The van der Waals surface area contributed by atoms with Crippen LogP contribution in [-0.2, 0) is 10.9 Å². The van der Waals surface area contributed by atoms with Crippen molar-refractivity contribution in [3.63, 3.8) is 0 Å². The van der Waals surface area contributed by atoms with Gasteiger partial charge in [-0.15, -0.1) is 0 Å². The number of hydrogen-bond acceptors (Lipinski definition) is 7. The number of esters is 1. The van der Waals surface area contributed by atoms with E-state index in [9.17, 15) is 22.8 Å². The van der Waals surface area contributed by atoms with Gasteiger partial charge in [-0.3, -0.25) is 5.01 Å². The van der Waals surface area contributed by atoms with Gasteiger partial charge in [0.15, 0.2) is 5.69 Å². The molecule has 0 bridgehead atoms. The van der Waals surface area contributed by atoms with Crippen LogP contribution in [-0.4, -0.2) is 32.9 Å². The van der Waals surface area contributed by atoms with Gasteiger partial charge in [0.25, 0.3) is 0 Å². The van der Waals surface area contributed by atoms with E-state index in [0.29, 0.717) is 15.9 Å². The molecule has 9 nitrogen and oxygen atoms in total. The van der Waals surface area contributed by atoms with Gasteiger partial charge in [-0.25, -0.2) is 20.1 Å². The predicted octanol–water partition coefficient (Wildman–Crippen LogP) is 3.79. The summed E-state index contributed by atoms with van der Waals surface area (Å²) in [6.07, 6.45) is -3.33.